The molecule has 0 radical (unpaired) electrons. The minimum Gasteiger partial charge on any atom is -0.383 e. The van der Waals surface area contributed by atoms with Gasteiger partial charge in [0.1, 0.15) is 0 Å². The van der Waals surface area contributed by atoms with Crippen LogP contribution in [0.15, 0.2) is 4.99 Å². The molecule has 2 saturated heterocycles. The summed E-state index contributed by atoms with van der Waals surface area (Å²) >= 11 is 0. The fourth-order valence-electron chi connectivity index (χ4n) is 2.68. The molecule has 2 fully saturated rings. The largest absolute Gasteiger partial charge is 0.383 e. The summed E-state index contributed by atoms with van der Waals surface area (Å²) in [7, 11) is 3.55. The number of nitrogens with one attached hydrogen (secondary N) is 1. The summed E-state index contributed by atoms with van der Waals surface area (Å²) in [5.41, 5.74) is 0.388. The molecule has 2 aliphatic rings. The highest BCUT2D eigenvalue weighted by Gasteiger charge is 2.42. The van der Waals surface area contributed by atoms with Crippen LogP contribution < -0.4 is 5.32 Å². The van der Waals surface area contributed by atoms with Crippen LogP contribution in [0.4, 0.5) is 0 Å². The van der Waals surface area contributed by atoms with Gasteiger partial charge in [-0.1, -0.05) is 0 Å². The number of aliphatic imine (C=N–C) groups is 1. The van der Waals surface area contributed by atoms with Gasteiger partial charge < -0.3 is 19.7 Å². The van der Waals surface area contributed by atoms with Crippen molar-refractivity contribution in [3.05, 3.63) is 0 Å². The molecule has 106 valence electrons. The Kier molecular flexibility index (Phi) is 6.65. The summed E-state index contributed by atoms with van der Waals surface area (Å²) in [5, 5.41) is 3.33. The van der Waals surface area contributed by atoms with Crippen molar-refractivity contribution >= 4 is 29.9 Å². The average molecular weight is 369 g/mol. The van der Waals surface area contributed by atoms with E-state index in [1.165, 1.54) is 12.8 Å². The molecule has 0 bridgehead atoms. The van der Waals surface area contributed by atoms with E-state index in [9.17, 15) is 0 Å². The van der Waals surface area contributed by atoms with Gasteiger partial charge in [0.2, 0.25) is 0 Å². The Hall–Kier alpha value is -0.0800. The van der Waals surface area contributed by atoms with Gasteiger partial charge in [-0.2, -0.15) is 0 Å². The maximum atomic E-state index is 5.54. The zero-order valence-corrected chi connectivity index (χ0v) is 13.6. The zero-order valence-electron chi connectivity index (χ0n) is 11.3. The van der Waals surface area contributed by atoms with Crippen molar-refractivity contribution in [3.8, 4) is 0 Å². The molecule has 0 saturated carbocycles. The summed E-state index contributed by atoms with van der Waals surface area (Å²) in [4.78, 5) is 6.67. The smallest absolute Gasteiger partial charge is 0.193 e. The third kappa shape index (κ3) is 3.71. The monoisotopic (exact) mass is 369 g/mol. The molecule has 1 spiro atoms. The van der Waals surface area contributed by atoms with Gasteiger partial charge in [0.15, 0.2) is 5.96 Å². The molecule has 18 heavy (non-hydrogen) atoms. The number of ether oxygens (including phenoxy) is 2. The van der Waals surface area contributed by atoms with E-state index >= 15 is 0 Å². The van der Waals surface area contributed by atoms with Gasteiger partial charge in [-0.05, 0) is 12.8 Å². The lowest BCUT2D eigenvalue weighted by atomic mass is 9.87. The van der Waals surface area contributed by atoms with Crippen molar-refractivity contribution in [1.82, 2.24) is 10.2 Å². The lowest BCUT2D eigenvalue weighted by Crippen LogP contribution is -2.42. The van der Waals surface area contributed by atoms with Crippen LogP contribution in [-0.2, 0) is 9.47 Å². The molecule has 2 rings (SSSR count). The fourth-order valence-corrected chi connectivity index (χ4v) is 2.68. The fraction of sp³-hybridized carbons (Fsp3) is 0.917. The summed E-state index contributed by atoms with van der Waals surface area (Å²) in [5.74, 6) is 0.992. The number of nitrogens with zero attached hydrogens (tertiary/aromatic N) is 2. The van der Waals surface area contributed by atoms with Crippen LogP contribution in [0, 0.1) is 5.41 Å². The van der Waals surface area contributed by atoms with Crippen molar-refractivity contribution in [1.29, 1.82) is 0 Å². The highest BCUT2D eigenvalue weighted by molar-refractivity contribution is 14.0. The van der Waals surface area contributed by atoms with Crippen LogP contribution in [0.3, 0.4) is 0 Å². The molecule has 1 N–H and O–H groups in total. The third-order valence-corrected chi connectivity index (χ3v) is 3.72. The molecule has 1 unspecified atom stereocenters. The maximum Gasteiger partial charge on any atom is 0.193 e. The molecular weight excluding hydrogens is 345 g/mol. The van der Waals surface area contributed by atoms with E-state index in [1.807, 2.05) is 7.05 Å². The van der Waals surface area contributed by atoms with E-state index in [0.29, 0.717) is 12.0 Å². The second-order valence-corrected chi connectivity index (χ2v) is 4.94. The summed E-state index contributed by atoms with van der Waals surface area (Å²) < 4.78 is 10.6. The van der Waals surface area contributed by atoms with Gasteiger partial charge in [-0.15, -0.1) is 24.0 Å². The quantitative estimate of drug-likeness (QED) is 0.348. The van der Waals surface area contributed by atoms with E-state index in [0.717, 1.165) is 38.8 Å². The standard InChI is InChI=1S/C12H23N3O2.HI/c1-13-11(14-5-8-16-2)15-6-3-12(9-15)4-7-17-10-12;/h3-10H2,1-2H3,(H,13,14);1H. The van der Waals surface area contributed by atoms with Crippen LogP contribution in [0.5, 0.6) is 0 Å². The predicted molar refractivity (Wildman–Crippen MR) is 82.7 cm³/mol. The van der Waals surface area contributed by atoms with E-state index in [2.05, 4.69) is 15.2 Å². The Labute approximate surface area is 126 Å². The number of rotatable bonds is 3. The molecule has 2 aliphatic heterocycles. The van der Waals surface area contributed by atoms with Crippen LogP contribution in [0.1, 0.15) is 12.8 Å². The zero-order chi connectivity index (χ0) is 12.1. The molecular formula is C12H24IN3O2. The number of halogens is 1. The number of guanidine groups is 1. The number of likely N-dealkylation sites (tertiary alicyclic amines) is 1. The number of methoxy groups -OCH3 is 1. The van der Waals surface area contributed by atoms with Crippen LogP contribution in [0.25, 0.3) is 0 Å². The highest BCUT2D eigenvalue weighted by atomic mass is 127. The normalized spacial score (nSPS) is 27.7. The summed E-state index contributed by atoms with van der Waals surface area (Å²) in [6, 6.07) is 0. The van der Waals surface area contributed by atoms with E-state index in [1.54, 1.807) is 7.11 Å². The topological polar surface area (TPSA) is 46.1 Å². The molecule has 5 nitrogen and oxygen atoms in total. The minimum absolute atomic E-state index is 0. The molecule has 0 aromatic carbocycles. The molecule has 2 heterocycles. The van der Waals surface area contributed by atoms with Crippen LogP contribution in [0.2, 0.25) is 0 Å². The van der Waals surface area contributed by atoms with Gasteiger partial charge in [-0.3, -0.25) is 4.99 Å². The Morgan fingerprint density at radius 3 is 2.94 bits per heavy atom. The van der Waals surface area contributed by atoms with Crippen molar-refractivity contribution in [3.63, 3.8) is 0 Å². The molecule has 0 amide bonds. The molecule has 1 atom stereocenters. The minimum atomic E-state index is 0. The summed E-state index contributed by atoms with van der Waals surface area (Å²) in [6.07, 6.45) is 2.41. The van der Waals surface area contributed by atoms with Crippen molar-refractivity contribution in [2.45, 2.75) is 12.8 Å². The molecule has 0 aromatic rings. The van der Waals surface area contributed by atoms with Gasteiger partial charge in [0, 0.05) is 45.8 Å². The highest BCUT2D eigenvalue weighted by Crippen LogP contribution is 2.37. The SMILES string of the molecule is CN=C(NCCOC)N1CCC2(CCOC2)C1.I. The maximum absolute atomic E-state index is 5.54. The Balaban J connectivity index is 0.00000162. The van der Waals surface area contributed by atoms with Crippen molar-refractivity contribution < 1.29 is 9.47 Å². The number of hydrogen-bond donors (Lipinski definition) is 1. The lowest BCUT2D eigenvalue weighted by molar-refractivity contribution is 0.156. The predicted octanol–water partition coefficient (Wildman–Crippen LogP) is 0.939. The third-order valence-electron chi connectivity index (χ3n) is 3.72. The Morgan fingerprint density at radius 2 is 2.33 bits per heavy atom. The Morgan fingerprint density at radius 1 is 1.50 bits per heavy atom. The van der Waals surface area contributed by atoms with Gasteiger partial charge >= 0.3 is 0 Å². The van der Waals surface area contributed by atoms with Crippen molar-refractivity contribution in [2.24, 2.45) is 10.4 Å². The molecule has 0 aliphatic carbocycles. The Bertz CT molecular complexity index is 280. The molecule has 6 heteroatoms. The van der Waals surface area contributed by atoms with E-state index in [4.69, 9.17) is 9.47 Å². The first-order chi connectivity index (χ1) is 8.29. The average Bonchev–Trinajstić information content (AvgIpc) is 2.96. The van der Waals surface area contributed by atoms with Crippen LogP contribution in [-0.4, -0.2) is 64.5 Å². The van der Waals surface area contributed by atoms with E-state index < -0.39 is 0 Å². The second kappa shape index (κ2) is 7.49. The lowest BCUT2D eigenvalue weighted by Gasteiger charge is -2.24. The second-order valence-electron chi connectivity index (χ2n) is 4.94. The summed E-state index contributed by atoms with van der Waals surface area (Å²) in [6.45, 7) is 5.50. The first-order valence-corrected chi connectivity index (χ1v) is 6.32. The van der Waals surface area contributed by atoms with E-state index in [-0.39, 0.29) is 24.0 Å². The first-order valence-electron chi connectivity index (χ1n) is 6.32. The first kappa shape index (κ1) is 16.0. The molecule has 0 aromatic heterocycles. The number of hydrogen-bond acceptors (Lipinski definition) is 3. The van der Waals surface area contributed by atoms with Gasteiger partial charge in [-0.25, -0.2) is 0 Å². The van der Waals surface area contributed by atoms with Gasteiger partial charge in [0.25, 0.3) is 0 Å². The van der Waals surface area contributed by atoms with Gasteiger partial charge in [0.05, 0.1) is 13.2 Å². The van der Waals surface area contributed by atoms with Crippen molar-refractivity contribution in [2.75, 3.05) is 53.6 Å². The van der Waals surface area contributed by atoms with Crippen LogP contribution >= 0.6 is 24.0 Å².